The fourth-order valence-corrected chi connectivity index (χ4v) is 4.63. The zero-order valence-electron chi connectivity index (χ0n) is 14.1. The third-order valence-electron chi connectivity index (χ3n) is 6.14. The van der Waals surface area contributed by atoms with Gasteiger partial charge in [-0.2, -0.15) is 0 Å². The summed E-state index contributed by atoms with van der Waals surface area (Å²) < 4.78 is 30.7. The summed E-state index contributed by atoms with van der Waals surface area (Å²) in [6.07, 6.45) is 10.4. The minimum absolute atomic E-state index is 0. The maximum Gasteiger partial charge on any atom is 0.228 e. The topological polar surface area (TPSA) is 9.23 Å². The molecule has 1 aromatic rings. The summed E-state index contributed by atoms with van der Waals surface area (Å²) in [5.41, 5.74) is 1.05. The Bertz CT molecular complexity index is 510. The second kappa shape index (κ2) is 7.63. The zero-order valence-corrected chi connectivity index (χ0v) is 14.1. The van der Waals surface area contributed by atoms with E-state index in [0.29, 0.717) is 5.92 Å². The van der Waals surface area contributed by atoms with Crippen LogP contribution in [0.2, 0.25) is 0 Å². The van der Waals surface area contributed by atoms with Crippen LogP contribution < -0.4 is 4.74 Å². The highest BCUT2D eigenvalue weighted by Gasteiger charge is 2.30. The van der Waals surface area contributed by atoms with Crippen molar-refractivity contribution in [1.29, 1.82) is 0 Å². The van der Waals surface area contributed by atoms with Crippen LogP contribution in [0.1, 0.15) is 72.6 Å². The molecule has 0 unspecified atom stereocenters. The lowest BCUT2D eigenvalue weighted by Gasteiger charge is -2.37. The van der Waals surface area contributed by atoms with Crippen LogP contribution in [0, 0.1) is 23.6 Å². The fraction of sp³-hybridized carbons (Fsp3) is 0.700. The van der Waals surface area contributed by atoms with Gasteiger partial charge in [-0.1, -0.05) is 25.8 Å². The number of hydrogen-bond acceptors (Lipinski definition) is 1. The molecule has 23 heavy (non-hydrogen) atoms. The highest BCUT2D eigenvalue weighted by Crippen LogP contribution is 2.44. The quantitative estimate of drug-likeness (QED) is 0.596. The average Bonchev–Trinajstić information content (AvgIpc) is 2.58. The minimum atomic E-state index is -0.985. The zero-order chi connectivity index (χ0) is 16.2. The lowest BCUT2D eigenvalue weighted by atomic mass is 9.68. The van der Waals surface area contributed by atoms with Crippen molar-refractivity contribution in [3.63, 3.8) is 0 Å². The van der Waals surface area contributed by atoms with E-state index in [1.807, 2.05) is 6.07 Å². The van der Waals surface area contributed by atoms with Crippen LogP contribution in [0.25, 0.3) is 0 Å². The van der Waals surface area contributed by atoms with E-state index in [9.17, 15) is 8.78 Å². The van der Waals surface area contributed by atoms with E-state index in [4.69, 9.17) is 0 Å². The van der Waals surface area contributed by atoms with Gasteiger partial charge in [0.15, 0.2) is 11.6 Å². The Morgan fingerprint density at radius 2 is 1.61 bits per heavy atom. The van der Waals surface area contributed by atoms with Gasteiger partial charge in [0.05, 0.1) is 0 Å². The lowest BCUT2D eigenvalue weighted by Crippen LogP contribution is -2.24. The first-order valence-electron chi connectivity index (χ1n) is 9.15. The molecule has 0 aliphatic heterocycles. The number of alkyl halides is 1. The maximum atomic E-state index is 13.9. The first-order valence-corrected chi connectivity index (χ1v) is 9.15. The summed E-state index contributed by atoms with van der Waals surface area (Å²) in [5.74, 6) is 2.73. The summed E-state index contributed by atoms with van der Waals surface area (Å²) in [7, 11) is 0. The van der Waals surface area contributed by atoms with Crippen molar-refractivity contribution in [2.75, 3.05) is 6.86 Å². The predicted octanol–water partition coefficient (Wildman–Crippen LogP) is 6.72. The van der Waals surface area contributed by atoms with Gasteiger partial charge in [0.2, 0.25) is 6.86 Å². The molecule has 0 N–H and O–H groups in total. The molecular weight excluding hydrogens is 294 g/mol. The Hall–Kier alpha value is -1.12. The van der Waals surface area contributed by atoms with E-state index in [1.165, 1.54) is 44.6 Å². The monoisotopic (exact) mass is 326 g/mol. The lowest BCUT2D eigenvalue weighted by molar-refractivity contribution is 0.165. The molecule has 1 aromatic carbocycles. The molecule has 2 saturated carbocycles. The van der Waals surface area contributed by atoms with Crippen molar-refractivity contribution in [2.45, 2.75) is 64.2 Å². The SMILES string of the molecule is CC1CCC(C2CCC(c3ccc(OCF)c(F)c3)CC2)CC1.[HH].[HH]. The molecule has 0 saturated heterocycles. The first-order chi connectivity index (χ1) is 11.2. The van der Waals surface area contributed by atoms with Gasteiger partial charge in [0.25, 0.3) is 0 Å². The van der Waals surface area contributed by atoms with Crippen molar-refractivity contribution in [2.24, 2.45) is 17.8 Å². The molecular formula is C20H32F2O. The standard InChI is InChI=1S/C20H28F2O.2H2/c1-14-2-4-15(5-3-14)16-6-8-17(9-7-16)18-10-11-20(23-13-21)19(22)12-18;;/h10-12,14-17H,2-9,13H2,1H3;2*1H. The second-order valence-corrected chi connectivity index (χ2v) is 7.57. The van der Waals surface area contributed by atoms with Gasteiger partial charge in [0.1, 0.15) is 0 Å². The van der Waals surface area contributed by atoms with E-state index >= 15 is 0 Å². The molecule has 2 aliphatic rings. The molecule has 2 aliphatic carbocycles. The predicted molar refractivity (Wildman–Crippen MR) is 93.1 cm³/mol. The Kier molecular flexibility index (Phi) is 5.55. The van der Waals surface area contributed by atoms with Crippen LogP contribution in [-0.2, 0) is 0 Å². The second-order valence-electron chi connectivity index (χ2n) is 7.57. The number of halogens is 2. The van der Waals surface area contributed by atoms with Gasteiger partial charge in [-0.25, -0.2) is 8.78 Å². The molecule has 3 rings (SSSR count). The molecule has 0 atom stereocenters. The summed E-state index contributed by atoms with van der Waals surface area (Å²) in [5, 5.41) is 0. The smallest absolute Gasteiger partial charge is 0.228 e. The summed E-state index contributed by atoms with van der Waals surface area (Å²) in [6.45, 7) is 1.39. The van der Waals surface area contributed by atoms with Crippen molar-refractivity contribution in [3.8, 4) is 5.75 Å². The fourth-order valence-electron chi connectivity index (χ4n) is 4.63. The normalized spacial score (nSPS) is 31.8. The highest BCUT2D eigenvalue weighted by molar-refractivity contribution is 5.31. The van der Waals surface area contributed by atoms with E-state index in [2.05, 4.69) is 11.7 Å². The number of ether oxygens (including phenoxy) is 1. The molecule has 2 fully saturated rings. The Morgan fingerprint density at radius 3 is 2.17 bits per heavy atom. The largest absolute Gasteiger partial charge is 0.460 e. The van der Waals surface area contributed by atoms with E-state index in [0.717, 1.165) is 36.2 Å². The van der Waals surface area contributed by atoms with Gasteiger partial charge in [-0.05, 0) is 79.9 Å². The molecule has 0 heterocycles. The van der Waals surface area contributed by atoms with Gasteiger partial charge in [0, 0.05) is 2.85 Å². The van der Waals surface area contributed by atoms with Crippen molar-refractivity contribution in [3.05, 3.63) is 29.6 Å². The molecule has 3 heteroatoms. The summed E-state index contributed by atoms with van der Waals surface area (Å²) >= 11 is 0. The Morgan fingerprint density at radius 1 is 1.00 bits per heavy atom. The van der Waals surface area contributed by atoms with Crippen LogP contribution >= 0.6 is 0 Å². The van der Waals surface area contributed by atoms with Crippen LogP contribution in [0.5, 0.6) is 5.75 Å². The van der Waals surface area contributed by atoms with Crippen LogP contribution in [0.15, 0.2) is 18.2 Å². The average molecular weight is 326 g/mol. The maximum absolute atomic E-state index is 13.9. The molecule has 0 radical (unpaired) electrons. The Labute approximate surface area is 141 Å². The first kappa shape index (κ1) is 16.7. The summed E-state index contributed by atoms with van der Waals surface area (Å²) in [4.78, 5) is 0. The van der Waals surface area contributed by atoms with Crippen molar-refractivity contribution < 1.29 is 16.4 Å². The summed E-state index contributed by atoms with van der Waals surface area (Å²) in [6, 6.07) is 5.01. The van der Waals surface area contributed by atoms with E-state index < -0.39 is 12.7 Å². The minimum Gasteiger partial charge on any atom is -0.460 e. The molecule has 0 aromatic heterocycles. The van der Waals surface area contributed by atoms with Crippen LogP contribution in [-0.4, -0.2) is 6.86 Å². The van der Waals surface area contributed by atoms with Gasteiger partial charge in [-0.15, -0.1) is 0 Å². The van der Waals surface area contributed by atoms with E-state index in [-0.39, 0.29) is 8.60 Å². The molecule has 0 spiro atoms. The molecule has 0 amide bonds. The Balaban J connectivity index is 0.00000156. The number of benzene rings is 1. The van der Waals surface area contributed by atoms with Gasteiger partial charge in [-0.3, -0.25) is 0 Å². The highest BCUT2D eigenvalue weighted by atomic mass is 19.1. The van der Waals surface area contributed by atoms with Crippen LogP contribution in [0.4, 0.5) is 8.78 Å². The van der Waals surface area contributed by atoms with Crippen molar-refractivity contribution in [1.82, 2.24) is 0 Å². The van der Waals surface area contributed by atoms with E-state index in [1.54, 1.807) is 6.07 Å². The van der Waals surface area contributed by atoms with Gasteiger partial charge < -0.3 is 4.74 Å². The number of hydrogen-bond donors (Lipinski definition) is 0. The number of rotatable bonds is 4. The third kappa shape index (κ3) is 4.05. The molecule has 132 valence electrons. The van der Waals surface area contributed by atoms with Gasteiger partial charge >= 0.3 is 0 Å². The van der Waals surface area contributed by atoms with Crippen molar-refractivity contribution >= 4 is 0 Å². The third-order valence-corrected chi connectivity index (χ3v) is 6.14. The van der Waals surface area contributed by atoms with Crippen LogP contribution in [0.3, 0.4) is 0 Å². The molecule has 1 nitrogen and oxygen atoms in total. The molecule has 0 bridgehead atoms.